The minimum atomic E-state index is -1.11. The van der Waals surface area contributed by atoms with Crippen LogP contribution >= 0.6 is 23.2 Å². The topological polar surface area (TPSA) is 113 Å². The summed E-state index contributed by atoms with van der Waals surface area (Å²) in [5.74, 6) is -0.894. The van der Waals surface area contributed by atoms with E-state index in [1.54, 1.807) is 37.3 Å². The van der Waals surface area contributed by atoms with Crippen LogP contribution in [0.4, 0.5) is 5.69 Å². The zero-order valence-electron chi connectivity index (χ0n) is 21.9. The summed E-state index contributed by atoms with van der Waals surface area (Å²) in [6, 6.07) is 18.5. The highest BCUT2D eigenvalue weighted by Crippen LogP contribution is 2.45. The molecule has 4 aromatic rings. The molecule has 6 rings (SSSR count). The molecule has 9 heteroatoms. The molecule has 1 aliphatic heterocycles. The number of phenolic OH excluding ortho intramolecular Hbond substituents is 1. The summed E-state index contributed by atoms with van der Waals surface area (Å²) < 4.78 is 6.28. The van der Waals surface area contributed by atoms with Gasteiger partial charge in [0.25, 0.3) is 0 Å². The van der Waals surface area contributed by atoms with Gasteiger partial charge in [-0.2, -0.15) is 0 Å². The Kier molecular flexibility index (Phi) is 6.56. The maximum absolute atomic E-state index is 12.5. The lowest BCUT2D eigenvalue weighted by molar-refractivity contribution is 0.0697. The standard InChI is InChI=1S/C32H22Cl2N2O5/c1-15-11-21-28(17-5-3-4-6-18(17)32(39)40)20-12-24(34)26(37)13-27(20)41-31(21)22(30(15)38)14-35-25-10-9-23(33)19-8-7-16(2)36-29(19)25/h3-13,35,38H,14H2,1-2H3,(H,39,40). The Morgan fingerprint density at radius 2 is 1.73 bits per heavy atom. The largest absolute Gasteiger partial charge is 0.507 e. The van der Waals surface area contributed by atoms with Gasteiger partial charge in [0.05, 0.1) is 32.4 Å². The summed E-state index contributed by atoms with van der Waals surface area (Å²) in [5.41, 5.74) is 4.54. The van der Waals surface area contributed by atoms with Gasteiger partial charge in [-0.25, -0.2) is 4.79 Å². The van der Waals surface area contributed by atoms with E-state index in [-0.39, 0.29) is 28.6 Å². The van der Waals surface area contributed by atoms with Crippen LogP contribution in [-0.2, 0) is 6.54 Å². The maximum atomic E-state index is 12.5. The summed E-state index contributed by atoms with van der Waals surface area (Å²) in [4.78, 5) is 29.4. The van der Waals surface area contributed by atoms with E-state index in [1.807, 2.05) is 25.1 Å². The fourth-order valence-corrected chi connectivity index (χ4v) is 5.56. The van der Waals surface area contributed by atoms with Crippen molar-refractivity contribution < 1.29 is 19.4 Å². The first-order valence-electron chi connectivity index (χ1n) is 12.7. The van der Waals surface area contributed by atoms with Crippen LogP contribution < -0.4 is 10.7 Å². The predicted octanol–water partition coefficient (Wildman–Crippen LogP) is 8.05. The molecule has 3 N–H and O–H groups in total. The van der Waals surface area contributed by atoms with Crippen LogP contribution in [0, 0.1) is 13.8 Å². The van der Waals surface area contributed by atoms with Gasteiger partial charge in [0.2, 0.25) is 5.43 Å². The predicted molar refractivity (Wildman–Crippen MR) is 162 cm³/mol. The number of aromatic nitrogens is 1. The van der Waals surface area contributed by atoms with E-state index in [2.05, 4.69) is 10.3 Å². The number of carboxylic acids is 1. The Morgan fingerprint density at radius 1 is 0.951 bits per heavy atom. The van der Waals surface area contributed by atoms with Crippen LogP contribution in [0.25, 0.3) is 44.3 Å². The third-order valence-corrected chi connectivity index (χ3v) is 7.77. The number of hydrogen-bond donors (Lipinski definition) is 3. The molecule has 0 bridgehead atoms. The van der Waals surface area contributed by atoms with Gasteiger partial charge in [0.1, 0.15) is 17.1 Å². The molecule has 0 saturated heterocycles. The Labute approximate surface area is 243 Å². The highest BCUT2D eigenvalue weighted by molar-refractivity contribution is 6.35. The fourth-order valence-electron chi connectivity index (χ4n) is 5.18. The summed E-state index contributed by atoms with van der Waals surface area (Å²) >= 11 is 12.7. The van der Waals surface area contributed by atoms with E-state index < -0.39 is 11.4 Å². The third-order valence-electron chi connectivity index (χ3n) is 7.15. The monoisotopic (exact) mass is 584 g/mol. The number of anilines is 1. The molecule has 2 heterocycles. The van der Waals surface area contributed by atoms with Crippen molar-refractivity contribution in [3.8, 4) is 28.2 Å². The molecule has 2 aliphatic rings. The van der Waals surface area contributed by atoms with Crippen molar-refractivity contribution in [1.82, 2.24) is 4.98 Å². The lowest BCUT2D eigenvalue weighted by Gasteiger charge is -2.20. The molecule has 0 fully saturated rings. The Bertz CT molecular complexity index is 2070. The van der Waals surface area contributed by atoms with Crippen molar-refractivity contribution in [2.75, 3.05) is 5.32 Å². The number of nitrogens with zero attached hydrogens (tertiary/aromatic N) is 1. The zero-order chi connectivity index (χ0) is 29.0. The van der Waals surface area contributed by atoms with Gasteiger partial charge in [-0.3, -0.25) is 9.78 Å². The minimum Gasteiger partial charge on any atom is -0.507 e. The average Bonchev–Trinajstić information content (AvgIpc) is 2.94. The normalized spacial score (nSPS) is 11.4. The smallest absolute Gasteiger partial charge is 0.336 e. The molecule has 204 valence electrons. The second-order valence-corrected chi connectivity index (χ2v) is 10.6. The van der Waals surface area contributed by atoms with Crippen LogP contribution in [0.15, 0.2) is 75.9 Å². The van der Waals surface area contributed by atoms with Crippen molar-refractivity contribution in [2.24, 2.45) is 0 Å². The summed E-state index contributed by atoms with van der Waals surface area (Å²) in [5, 5.41) is 26.5. The highest BCUT2D eigenvalue weighted by atomic mass is 35.5. The Morgan fingerprint density at radius 3 is 2.51 bits per heavy atom. The van der Waals surface area contributed by atoms with E-state index in [9.17, 15) is 19.8 Å². The van der Waals surface area contributed by atoms with Gasteiger partial charge in [-0.15, -0.1) is 0 Å². The van der Waals surface area contributed by atoms with E-state index in [0.717, 1.165) is 11.1 Å². The second-order valence-electron chi connectivity index (χ2n) is 9.80. The SMILES string of the molecule is Cc1ccc2c(Cl)ccc(NCc3c(O)c(C)cc4c(-c5ccccc5C(=O)O)c5cc(Cl)c(=O)cc-5oc34)c2n1. The zero-order valence-corrected chi connectivity index (χ0v) is 23.4. The number of carboxylic acid groups (broad SMARTS) is 1. The lowest BCUT2D eigenvalue weighted by Crippen LogP contribution is -2.07. The molecule has 0 radical (unpaired) electrons. The lowest BCUT2D eigenvalue weighted by atomic mass is 9.89. The van der Waals surface area contributed by atoms with Crippen molar-refractivity contribution >= 4 is 56.7 Å². The summed E-state index contributed by atoms with van der Waals surface area (Å²) in [6.45, 7) is 3.77. The molecule has 3 aromatic carbocycles. The molecule has 0 amide bonds. The number of fused-ring (bicyclic) bond motifs is 3. The van der Waals surface area contributed by atoms with E-state index in [1.165, 1.54) is 18.2 Å². The quantitative estimate of drug-likeness (QED) is 0.176. The van der Waals surface area contributed by atoms with Crippen molar-refractivity contribution in [1.29, 1.82) is 0 Å². The van der Waals surface area contributed by atoms with Gasteiger partial charge in [0, 0.05) is 40.2 Å². The first-order chi connectivity index (χ1) is 19.6. The van der Waals surface area contributed by atoms with Crippen LogP contribution in [0.1, 0.15) is 27.2 Å². The number of nitrogens with one attached hydrogen (secondary N) is 1. The first kappa shape index (κ1) is 26.6. The number of aryl methyl sites for hydroxylation is 2. The maximum Gasteiger partial charge on any atom is 0.336 e. The van der Waals surface area contributed by atoms with Crippen LogP contribution in [0.2, 0.25) is 10.0 Å². The molecule has 7 nitrogen and oxygen atoms in total. The number of carbonyl (C=O) groups is 1. The van der Waals surface area contributed by atoms with Crippen LogP contribution in [0.3, 0.4) is 0 Å². The number of hydrogen-bond acceptors (Lipinski definition) is 6. The van der Waals surface area contributed by atoms with Crippen molar-refractivity contribution in [2.45, 2.75) is 20.4 Å². The van der Waals surface area contributed by atoms with Crippen LogP contribution in [-0.4, -0.2) is 21.2 Å². The number of benzene rings is 4. The van der Waals surface area contributed by atoms with E-state index in [0.29, 0.717) is 55.0 Å². The molecule has 1 aliphatic carbocycles. The second kappa shape index (κ2) is 10.1. The molecule has 0 saturated carbocycles. The fraction of sp³-hybridized carbons (Fsp3) is 0.0938. The number of aromatic hydroxyl groups is 1. The molecule has 0 spiro atoms. The third kappa shape index (κ3) is 4.53. The van der Waals surface area contributed by atoms with Gasteiger partial charge in [0.15, 0.2) is 0 Å². The van der Waals surface area contributed by atoms with Crippen molar-refractivity contribution in [3.63, 3.8) is 0 Å². The van der Waals surface area contributed by atoms with Crippen molar-refractivity contribution in [3.05, 3.63) is 109 Å². The van der Waals surface area contributed by atoms with E-state index in [4.69, 9.17) is 27.6 Å². The van der Waals surface area contributed by atoms with Crippen LogP contribution in [0.5, 0.6) is 5.75 Å². The average molecular weight is 585 g/mol. The number of pyridine rings is 1. The van der Waals surface area contributed by atoms with E-state index >= 15 is 0 Å². The first-order valence-corrected chi connectivity index (χ1v) is 13.4. The summed E-state index contributed by atoms with van der Waals surface area (Å²) in [7, 11) is 0. The summed E-state index contributed by atoms with van der Waals surface area (Å²) in [6.07, 6.45) is 0. The highest BCUT2D eigenvalue weighted by Gasteiger charge is 2.25. The molecule has 0 unspecified atom stereocenters. The Balaban J connectivity index is 1.63. The van der Waals surface area contributed by atoms with Gasteiger partial charge in [-0.1, -0.05) is 41.4 Å². The number of aromatic carboxylic acids is 1. The van der Waals surface area contributed by atoms with Gasteiger partial charge >= 0.3 is 5.97 Å². The molecule has 1 aromatic heterocycles. The molecular weight excluding hydrogens is 563 g/mol. The van der Waals surface area contributed by atoms with Gasteiger partial charge in [-0.05, 0) is 67.4 Å². The molecular formula is C32H22Cl2N2O5. The minimum absolute atomic E-state index is 0.00397. The van der Waals surface area contributed by atoms with Gasteiger partial charge < -0.3 is 19.9 Å². The molecule has 0 atom stereocenters. The Hall–Kier alpha value is -4.59. The number of phenols is 1. The number of halogens is 2. The molecule has 41 heavy (non-hydrogen) atoms. The number of rotatable bonds is 5.